The van der Waals surface area contributed by atoms with Gasteiger partial charge in [0.1, 0.15) is 5.41 Å². The van der Waals surface area contributed by atoms with Crippen LogP contribution in [0.3, 0.4) is 0 Å². The summed E-state index contributed by atoms with van der Waals surface area (Å²) in [5.74, 6) is -0.151. The standard InChI is InChI=1S/C10H13N3O2/c11-6-10(3-4-10)9(15)12-5-7-1-2-8(14)13-7/h7H,1-5H2,(H,12,15)(H,13,14). The first-order chi connectivity index (χ1) is 7.16. The molecule has 1 saturated heterocycles. The zero-order chi connectivity index (χ0) is 10.9. The summed E-state index contributed by atoms with van der Waals surface area (Å²) in [6.07, 6.45) is 2.61. The molecule has 0 aromatic carbocycles. The summed E-state index contributed by atoms with van der Waals surface area (Å²) in [7, 11) is 0. The maximum Gasteiger partial charge on any atom is 0.240 e. The summed E-state index contributed by atoms with van der Waals surface area (Å²) < 4.78 is 0. The van der Waals surface area contributed by atoms with Crippen molar-refractivity contribution in [1.82, 2.24) is 10.6 Å². The molecule has 0 aromatic rings. The van der Waals surface area contributed by atoms with E-state index in [1.54, 1.807) is 0 Å². The number of carbonyl (C=O) groups excluding carboxylic acids is 2. The molecule has 5 heteroatoms. The number of nitrogens with one attached hydrogen (secondary N) is 2. The van der Waals surface area contributed by atoms with Crippen LogP contribution in [-0.4, -0.2) is 24.4 Å². The minimum absolute atomic E-state index is 0.0377. The lowest BCUT2D eigenvalue weighted by molar-refractivity contribution is -0.125. The second kappa shape index (κ2) is 3.54. The molecule has 2 amide bonds. The predicted molar refractivity (Wildman–Crippen MR) is 51.5 cm³/mol. The van der Waals surface area contributed by atoms with Gasteiger partial charge in [-0.15, -0.1) is 0 Å². The smallest absolute Gasteiger partial charge is 0.240 e. The summed E-state index contributed by atoms with van der Waals surface area (Å²) in [6.45, 7) is 0.438. The Kier molecular flexibility index (Phi) is 2.35. The Balaban J connectivity index is 1.77. The molecule has 1 heterocycles. The van der Waals surface area contributed by atoms with Crippen LogP contribution in [0.25, 0.3) is 0 Å². The van der Waals surface area contributed by atoms with E-state index in [9.17, 15) is 9.59 Å². The van der Waals surface area contributed by atoms with Gasteiger partial charge >= 0.3 is 0 Å². The van der Waals surface area contributed by atoms with Crippen LogP contribution in [0, 0.1) is 16.7 Å². The van der Waals surface area contributed by atoms with Crippen molar-refractivity contribution < 1.29 is 9.59 Å². The van der Waals surface area contributed by atoms with E-state index >= 15 is 0 Å². The van der Waals surface area contributed by atoms with Crippen molar-refractivity contribution in [2.75, 3.05) is 6.54 Å². The Hall–Kier alpha value is -1.57. The van der Waals surface area contributed by atoms with E-state index in [0.29, 0.717) is 25.8 Å². The second-order valence-electron chi connectivity index (χ2n) is 4.21. The molecular weight excluding hydrogens is 194 g/mol. The van der Waals surface area contributed by atoms with Crippen molar-refractivity contribution in [3.05, 3.63) is 0 Å². The Morgan fingerprint density at radius 1 is 1.67 bits per heavy atom. The fourth-order valence-corrected chi connectivity index (χ4v) is 1.73. The molecule has 1 aliphatic carbocycles. The SMILES string of the molecule is N#CC1(C(=O)NCC2CCC(=O)N2)CC1. The predicted octanol–water partition coefficient (Wildman–Crippen LogP) is -0.315. The lowest BCUT2D eigenvalue weighted by Crippen LogP contribution is -2.41. The molecule has 2 rings (SSSR count). The van der Waals surface area contributed by atoms with Crippen molar-refractivity contribution in [2.24, 2.45) is 5.41 Å². The highest BCUT2D eigenvalue weighted by Crippen LogP contribution is 2.44. The van der Waals surface area contributed by atoms with E-state index in [4.69, 9.17) is 5.26 Å². The Morgan fingerprint density at radius 3 is 2.87 bits per heavy atom. The van der Waals surface area contributed by atoms with E-state index in [2.05, 4.69) is 10.6 Å². The van der Waals surface area contributed by atoms with Crippen LogP contribution < -0.4 is 10.6 Å². The summed E-state index contributed by atoms with van der Waals surface area (Å²) >= 11 is 0. The van der Waals surface area contributed by atoms with Crippen molar-refractivity contribution in [2.45, 2.75) is 31.7 Å². The van der Waals surface area contributed by atoms with Crippen molar-refractivity contribution in [1.29, 1.82) is 5.26 Å². The molecule has 0 radical (unpaired) electrons. The normalized spacial score (nSPS) is 26.6. The monoisotopic (exact) mass is 207 g/mol. The van der Waals surface area contributed by atoms with E-state index < -0.39 is 5.41 Å². The summed E-state index contributed by atoms with van der Waals surface area (Å²) in [4.78, 5) is 22.4. The molecular formula is C10H13N3O2. The van der Waals surface area contributed by atoms with Gasteiger partial charge in [0.05, 0.1) is 6.07 Å². The molecule has 80 valence electrons. The van der Waals surface area contributed by atoms with Gasteiger partial charge < -0.3 is 10.6 Å². The first-order valence-corrected chi connectivity index (χ1v) is 5.15. The van der Waals surface area contributed by atoms with E-state index in [1.807, 2.05) is 6.07 Å². The summed E-state index contributed by atoms with van der Waals surface area (Å²) in [6, 6.07) is 2.07. The molecule has 0 aromatic heterocycles. The zero-order valence-corrected chi connectivity index (χ0v) is 8.38. The van der Waals surface area contributed by atoms with Crippen LogP contribution in [0.4, 0.5) is 0 Å². The number of amides is 2. The van der Waals surface area contributed by atoms with E-state index in [1.165, 1.54) is 0 Å². The minimum Gasteiger partial charge on any atom is -0.353 e. The molecule has 1 saturated carbocycles. The van der Waals surface area contributed by atoms with Gasteiger partial charge in [0, 0.05) is 19.0 Å². The van der Waals surface area contributed by atoms with Gasteiger partial charge in [0.15, 0.2) is 0 Å². The highest BCUT2D eigenvalue weighted by molar-refractivity contribution is 5.88. The average molecular weight is 207 g/mol. The number of hydrogen-bond donors (Lipinski definition) is 2. The van der Waals surface area contributed by atoms with Crippen LogP contribution >= 0.6 is 0 Å². The molecule has 0 spiro atoms. The molecule has 1 aliphatic heterocycles. The third-order valence-corrected chi connectivity index (χ3v) is 2.99. The van der Waals surface area contributed by atoms with Crippen LogP contribution in [0.15, 0.2) is 0 Å². The zero-order valence-electron chi connectivity index (χ0n) is 8.38. The van der Waals surface area contributed by atoms with Gasteiger partial charge in [-0.25, -0.2) is 0 Å². The van der Waals surface area contributed by atoms with Gasteiger partial charge in [-0.1, -0.05) is 0 Å². The van der Waals surface area contributed by atoms with Crippen LogP contribution in [0.1, 0.15) is 25.7 Å². The third-order valence-electron chi connectivity index (χ3n) is 2.99. The quantitative estimate of drug-likeness (QED) is 0.665. The van der Waals surface area contributed by atoms with Gasteiger partial charge in [0.25, 0.3) is 0 Å². The topological polar surface area (TPSA) is 82.0 Å². The first kappa shape index (κ1) is 9.97. The highest BCUT2D eigenvalue weighted by atomic mass is 16.2. The molecule has 1 unspecified atom stereocenters. The van der Waals surface area contributed by atoms with Crippen molar-refractivity contribution >= 4 is 11.8 Å². The fraction of sp³-hybridized carbons (Fsp3) is 0.700. The molecule has 2 fully saturated rings. The van der Waals surface area contributed by atoms with Crippen molar-refractivity contribution in [3.63, 3.8) is 0 Å². The Morgan fingerprint density at radius 2 is 2.40 bits per heavy atom. The van der Waals surface area contributed by atoms with Crippen molar-refractivity contribution in [3.8, 4) is 6.07 Å². The molecule has 0 bridgehead atoms. The molecule has 1 atom stereocenters. The van der Waals surface area contributed by atoms with Gasteiger partial charge in [0.2, 0.25) is 11.8 Å². The van der Waals surface area contributed by atoms with E-state index in [0.717, 1.165) is 6.42 Å². The Bertz CT molecular complexity index is 341. The highest BCUT2D eigenvalue weighted by Gasteiger charge is 2.50. The maximum atomic E-state index is 11.6. The van der Waals surface area contributed by atoms with Crippen LogP contribution in [0.2, 0.25) is 0 Å². The fourth-order valence-electron chi connectivity index (χ4n) is 1.73. The third kappa shape index (κ3) is 1.94. The number of carbonyl (C=O) groups is 2. The summed E-state index contributed by atoms with van der Waals surface area (Å²) in [5, 5.41) is 14.3. The number of hydrogen-bond acceptors (Lipinski definition) is 3. The van der Waals surface area contributed by atoms with Crippen LogP contribution in [-0.2, 0) is 9.59 Å². The minimum atomic E-state index is -0.761. The number of nitrogens with zero attached hydrogens (tertiary/aromatic N) is 1. The second-order valence-corrected chi connectivity index (χ2v) is 4.21. The molecule has 5 nitrogen and oxygen atoms in total. The van der Waals surface area contributed by atoms with E-state index in [-0.39, 0.29) is 17.9 Å². The maximum absolute atomic E-state index is 11.6. The largest absolute Gasteiger partial charge is 0.353 e. The molecule has 15 heavy (non-hydrogen) atoms. The lowest BCUT2D eigenvalue weighted by atomic mass is 10.1. The van der Waals surface area contributed by atoms with Crippen LogP contribution in [0.5, 0.6) is 0 Å². The average Bonchev–Trinajstić information content (AvgIpc) is 2.93. The summed E-state index contributed by atoms with van der Waals surface area (Å²) in [5.41, 5.74) is -0.761. The number of rotatable bonds is 3. The lowest BCUT2D eigenvalue weighted by Gasteiger charge is -2.12. The van der Waals surface area contributed by atoms with Gasteiger partial charge in [-0.3, -0.25) is 9.59 Å². The van der Waals surface area contributed by atoms with Gasteiger partial charge in [-0.05, 0) is 19.3 Å². The Labute approximate surface area is 87.8 Å². The van der Waals surface area contributed by atoms with Gasteiger partial charge in [-0.2, -0.15) is 5.26 Å². The molecule has 2 aliphatic rings. The number of nitriles is 1. The molecule has 2 N–H and O–H groups in total. The first-order valence-electron chi connectivity index (χ1n) is 5.15.